The number of carbonyl (C=O) groups excluding carboxylic acids is 2. The fourth-order valence-electron chi connectivity index (χ4n) is 4.73. The van der Waals surface area contributed by atoms with E-state index in [1.807, 2.05) is 36.7 Å². The first-order valence-electron chi connectivity index (χ1n) is 10.9. The zero-order valence-corrected chi connectivity index (χ0v) is 19.5. The van der Waals surface area contributed by atoms with E-state index in [4.69, 9.17) is 4.74 Å². The van der Waals surface area contributed by atoms with Gasteiger partial charge in [-0.15, -0.1) is 11.3 Å². The lowest BCUT2D eigenvalue weighted by atomic mass is 9.75. The summed E-state index contributed by atoms with van der Waals surface area (Å²) < 4.78 is 7.41. The number of aromatic nitrogens is 3. The molecule has 0 radical (unpaired) electrons. The van der Waals surface area contributed by atoms with Gasteiger partial charge in [0.2, 0.25) is 11.8 Å². The molecule has 2 aliphatic rings. The first-order chi connectivity index (χ1) is 14.8. The molecule has 2 aromatic rings. The van der Waals surface area contributed by atoms with E-state index in [-0.39, 0.29) is 30.4 Å². The maximum atomic E-state index is 13.7. The minimum atomic E-state index is -0.636. The molecule has 2 saturated heterocycles. The largest absolute Gasteiger partial charge is 0.372 e. The molecule has 9 heteroatoms. The second-order valence-electron chi connectivity index (χ2n) is 8.79. The molecule has 168 valence electrons. The topological polar surface area (TPSA) is 80.6 Å². The average Bonchev–Trinajstić information content (AvgIpc) is 3.51. The number of thiazole rings is 1. The summed E-state index contributed by atoms with van der Waals surface area (Å²) >= 11 is 1.60. The van der Waals surface area contributed by atoms with Crippen molar-refractivity contribution in [3.05, 3.63) is 34.3 Å². The van der Waals surface area contributed by atoms with E-state index < -0.39 is 5.41 Å². The molecular weight excluding hydrogens is 414 g/mol. The quantitative estimate of drug-likeness (QED) is 0.654. The Morgan fingerprint density at radius 2 is 2.23 bits per heavy atom. The Balaban J connectivity index is 1.61. The molecule has 1 spiro atoms. The number of ether oxygens (including phenoxy) is 1. The van der Waals surface area contributed by atoms with Gasteiger partial charge in [-0.2, -0.15) is 0 Å². The summed E-state index contributed by atoms with van der Waals surface area (Å²) in [5.74, 6) is -0.0740. The molecule has 4 heterocycles. The Labute approximate surface area is 187 Å². The summed E-state index contributed by atoms with van der Waals surface area (Å²) in [5.41, 5.74) is 1.18. The predicted molar refractivity (Wildman–Crippen MR) is 118 cm³/mol. The maximum absolute atomic E-state index is 13.7. The van der Waals surface area contributed by atoms with Gasteiger partial charge in [0, 0.05) is 49.8 Å². The summed E-state index contributed by atoms with van der Waals surface area (Å²) in [6, 6.07) is 0.290. The lowest BCUT2D eigenvalue weighted by molar-refractivity contribution is -0.138. The summed E-state index contributed by atoms with van der Waals surface area (Å²) in [7, 11) is 0. The summed E-state index contributed by atoms with van der Waals surface area (Å²) in [4.78, 5) is 39.4. The third-order valence-corrected chi connectivity index (χ3v) is 7.28. The molecule has 0 unspecified atom stereocenters. The first kappa shape index (κ1) is 22.0. The van der Waals surface area contributed by atoms with Crippen molar-refractivity contribution in [3.63, 3.8) is 0 Å². The highest BCUT2D eigenvalue weighted by Crippen LogP contribution is 2.50. The van der Waals surface area contributed by atoms with Crippen LogP contribution in [0.3, 0.4) is 0 Å². The summed E-state index contributed by atoms with van der Waals surface area (Å²) in [5, 5.41) is 3.02. The van der Waals surface area contributed by atoms with Crippen molar-refractivity contribution < 1.29 is 14.3 Å². The molecule has 2 amide bonds. The molecular formula is C22H31N5O3S. The fraction of sp³-hybridized carbons (Fsp3) is 0.636. The van der Waals surface area contributed by atoms with Gasteiger partial charge in [0.05, 0.1) is 34.7 Å². The second-order valence-corrected chi connectivity index (χ2v) is 9.86. The van der Waals surface area contributed by atoms with Gasteiger partial charge >= 0.3 is 0 Å². The van der Waals surface area contributed by atoms with Gasteiger partial charge in [-0.05, 0) is 34.1 Å². The Kier molecular flexibility index (Phi) is 6.16. The average molecular weight is 446 g/mol. The molecule has 0 aromatic carbocycles. The lowest BCUT2D eigenvalue weighted by Gasteiger charge is -2.27. The van der Waals surface area contributed by atoms with Crippen LogP contribution in [0.1, 0.15) is 55.5 Å². The van der Waals surface area contributed by atoms with Crippen LogP contribution in [0.2, 0.25) is 0 Å². The standard InChI is InChI=1S/C22H31N5O3S/c1-5-30-11-20(28)26-9-18(19-10-27(14-23-19)15(2)3)22(13-26)6-7-25(21(22)29)8-17-12-31-16(4)24-17/h10,12,14-15,18H,5-9,11,13H2,1-4H3/t18-,22-/m0/s1. The molecule has 8 nitrogen and oxygen atoms in total. The van der Waals surface area contributed by atoms with E-state index in [0.717, 1.165) is 16.4 Å². The van der Waals surface area contributed by atoms with E-state index in [0.29, 0.717) is 39.2 Å². The molecule has 2 aliphatic heterocycles. The van der Waals surface area contributed by atoms with E-state index >= 15 is 0 Å². The van der Waals surface area contributed by atoms with Crippen molar-refractivity contribution >= 4 is 23.2 Å². The smallest absolute Gasteiger partial charge is 0.248 e. The molecule has 0 bridgehead atoms. The minimum absolute atomic E-state index is 0.0513. The van der Waals surface area contributed by atoms with Crippen LogP contribution in [0.25, 0.3) is 0 Å². The molecule has 31 heavy (non-hydrogen) atoms. The van der Waals surface area contributed by atoms with E-state index in [1.54, 1.807) is 16.2 Å². The number of carbonyl (C=O) groups is 2. The predicted octanol–water partition coefficient (Wildman–Crippen LogP) is 2.61. The molecule has 0 aliphatic carbocycles. The number of imidazole rings is 1. The van der Waals surface area contributed by atoms with Gasteiger partial charge in [0.25, 0.3) is 0 Å². The van der Waals surface area contributed by atoms with Crippen LogP contribution >= 0.6 is 11.3 Å². The van der Waals surface area contributed by atoms with Crippen molar-refractivity contribution in [2.24, 2.45) is 5.41 Å². The summed E-state index contributed by atoms with van der Waals surface area (Å²) in [6.45, 7) is 10.7. The highest BCUT2D eigenvalue weighted by molar-refractivity contribution is 7.09. The van der Waals surface area contributed by atoms with E-state index in [1.165, 1.54) is 0 Å². The highest BCUT2D eigenvalue weighted by atomic mass is 32.1. The number of amides is 2. The van der Waals surface area contributed by atoms with Gasteiger partial charge in [0.1, 0.15) is 6.61 Å². The normalized spacial score (nSPS) is 23.6. The zero-order chi connectivity index (χ0) is 22.2. The molecule has 4 rings (SSSR count). The van der Waals surface area contributed by atoms with Crippen molar-refractivity contribution in [3.8, 4) is 0 Å². The van der Waals surface area contributed by atoms with E-state index in [2.05, 4.69) is 28.4 Å². The Bertz CT molecular complexity index is 955. The van der Waals surface area contributed by atoms with Crippen LogP contribution in [0.5, 0.6) is 0 Å². The van der Waals surface area contributed by atoms with Crippen LogP contribution in [-0.4, -0.2) is 69.0 Å². The van der Waals surface area contributed by atoms with Crippen molar-refractivity contribution in [2.45, 2.75) is 52.6 Å². The second kappa shape index (κ2) is 8.70. The number of nitrogens with zero attached hydrogens (tertiary/aromatic N) is 5. The van der Waals surface area contributed by atoms with Gasteiger partial charge < -0.3 is 19.1 Å². The van der Waals surface area contributed by atoms with Crippen LogP contribution in [0.15, 0.2) is 17.9 Å². The lowest BCUT2D eigenvalue weighted by Crippen LogP contribution is -2.40. The van der Waals surface area contributed by atoms with Gasteiger partial charge in [-0.3, -0.25) is 9.59 Å². The molecule has 2 fully saturated rings. The third kappa shape index (κ3) is 4.13. The highest BCUT2D eigenvalue weighted by Gasteiger charge is 2.58. The van der Waals surface area contributed by atoms with Crippen LogP contribution in [-0.2, 0) is 20.9 Å². The first-order valence-corrected chi connectivity index (χ1v) is 11.8. The van der Waals surface area contributed by atoms with Crippen LogP contribution in [0.4, 0.5) is 0 Å². The van der Waals surface area contributed by atoms with Gasteiger partial charge in [0.15, 0.2) is 0 Å². The van der Waals surface area contributed by atoms with Crippen LogP contribution in [0, 0.1) is 12.3 Å². The van der Waals surface area contributed by atoms with Gasteiger partial charge in [-0.25, -0.2) is 9.97 Å². The SMILES string of the molecule is CCOCC(=O)N1C[C@@H](c2cn(C(C)C)cn2)[C@]2(CCN(Cc3csc(C)n3)C2=O)C1. The number of hydrogen-bond acceptors (Lipinski definition) is 6. The van der Waals surface area contributed by atoms with Crippen molar-refractivity contribution in [1.82, 2.24) is 24.3 Å². The van der Waals surface area contributed by atoms with Crippen molar-refractivity contribution in [2.75, 3.05) is 32.8 Å². The molecule has 0 N–H and O–H groups in total. The van der Waals surface area contributed by atoms with Gasteiger partial charge in [-0.1, -0.05) is 0 Å². The summed E-state index contributed by atoms with van der Waals surface area (Å²) in [6.07, 6.45) is 4.58. The monoisotopic (exact) mass is 445 g/mol. The number of hydrogen-bond donors (Lipinski definition) is 0. The van der Waals surface area contributed by atoms with Crippen LogP contribution < -0.4 is 0 Å². The fourth-order valence-corrected chi connectivity index (χ4v) is 5.33. The third-order valence-electron chi connectivity index (χ3n) is 6.46. The number of likely N-dealkylation sites (tertiary alicyclic amines) is 2. The zero-order valence-electron chi connectivity index (χ0n) is 18.7. The molecule has 2 atom stereocenters. The Morgan fingerprint density at radius 3 is 2.87 bits per heavy atom. The molecule has 2 aromatic heterocycles. The number of aryl methyl sites for hydroxylation is 1. The minimum Gasteiger partial charge on any atom is -0.372 e. The molecule has 0 saturated carbocycles. The van der Waals surface area contributed by atoms with E-state index in [9.17, 15) is 9.59 Å². The Morgan fingerprint density at radius 1 is 1.42 bits per heavy atom. The maximum Gasteiger partial charge on any atom is 0.248 e. The van der Waals surface area contributed by atoms with Crippen molar-refractivity contribution in [1.29, 1.82) is 0 Å². The Hall–Kier alpha value is -2.26. The number of rotatable bonds is 7.